The molecule has 218 valence electrons. The van der Waals surface area contributed by atoms with Crippen molar-refractivity contribution in [1.29, 1.82) is 0 Å². The molecule has 45 heavy (non-hydrogen) atoms. The van der Waals surface area contributed by atoms with Crippen molar-refractivity contribution >= 4 is 43.7 Å². The molecular formula is C44H37N. The summed E-state index contributed by atoms with van der Waals surface area (Å²) in [5.74, 6) is 0. The van der Waals surface area contributed by atoms with Gasteiger partial charge in [0.15, 0.2) is 0 Å². The van der Waals surface area contributed by atoms with Gasteiger partial charge in [-0.05, 0) is 104 Å². The first-order chi connectivity index (χ1) is 22.1. The van der Waals surface area contributed by atoms with Crippen LogP contribution >= 0.6 is 0 Å². The van der Waals surface area contributed by atoms with Gasteiger partial charge >= 0.3 is 0 Å². The van der Waals surface area contributed by atoms with Gasteiger partial charge in [-0.3, -0.25) is 0 Å². The van der Waals surface area contributed by atoms with E-state index in [0.29, 0.717) is 0 Å². The van der Waals surface area contributed by atoms with Gasteiger partial charge in [-0.15, -0.1) is 0 Å². The molecule has 2 atom stereocenters. The number of benzene rings is 7. The van der Waals surface area contributed by atoms with Crippen LogP contribution in [0.1, 0.15) is 45.1 Å². The molecule has 2 unspecified atom stereocenters. The van der Waals surface area contributed by atoms with Gasteiger partial charge in [-0.25, -0.2) is 0 Å². The Morgan fingerprint density at radius 1 is 0.511 bits per heavy atom. The highest BCUT2D eigenvalue weighted by molar-refractivity contribution is 6.23. The molecule has 1 nitrogen and oxygen atoms in total. The van der Waals surface area contributed by atoms with Crippen molar-refractivity contribution in [3.63, 3.8) is 0 Å². The summed E-state index contributed by atoms with van der Waals surface area (Å²) >= 11 is 0. The standard InChI is InChI=1S/C44H37N/c1-43-27-12-13-28-44(43,2)45(32-17-4-3-5-18-32)40-26-25-31(29-39(40)43)41-35-20-8-10-22-37(35)42(38-23-11-9-21-36(38)41)34-24-14-16-30-15-6-7-19-33(30)34/h3-11,14-26,29H,12-13,27-28H2,1-2H3. The molecule has 0 amide bonds. The number of rotatable bonds is 3. The van der Waals surface area contributed by atoms with Gasteiger partial charge < -0.3 is 4.90 Å². The highest BCUT2D eigenvalue weighted by Crippen LogP contribution is 2.61. The van der Waals surface area contributed by atoms with E-state index in [0.717, 1.165) is 0 Å². The Hall–Kier alpha value is -4.88. The summed E-state index contributed by atoms with van der Waals surface area (Å²) in [7, 11) is 0. The van der Waals surface area contributed by atoms with Crippen LogP contribution in [-0.2, 0) is 5.41 Å². The molecule has 0 radical (unpaired) electrons. The zero-order chi connectivity index (χ0) is 30.2. The molecule has 0 bridgehead atoms. The Labute approximate surface area is 265 Å². The first-order valence-corrected chi connectivity index (χ1v) is 16.5. The number of nitrogens with zero attached hydrogens (tertiary/aromatic N) is 1. The minimum atomic E-state index is 0.0376. The van der Waals surface area contributed by atoms with Gasteiger partial charge in [-0.1, -0.05) is 135 Å². The molecule has 0 spiro atoms. The fourth-order valence-electron chi connectivity index (χ4n) is 9.04. The number of para-hydroxylation sites is 1. The summed E-state index contributed by atoms with van der Waals surface area (Å²) in [6, 6.07) is 52.1. The van der Waals surface area contributed by atoms with Crippen LogP contribution in [0.25, 0.3) is 54.6 Å². The second-order valence-electron chi connectivity index (χ2n) is 13.6. The lowest BCUT2D eigenvalue weighted by atomic mass is 9.61. The van der Waals surface area contributed by atoms with E-state index >= 15 is 0 Å². The van der Waals surface area contributed by atoms with Gasteiger partial charge in [0.05, 0.1) is 5.54 Å². The third-order valence-electron chi connectivity index (χ3n) is 11.4. The lowest BCUT2D eigenvalue weighted by Crippen LogP contribution is -2.54. The summed E-state index contributed by atoms with van der Waals surface area (Å²) < 4.78 is 0. The van der Waals surface area contributed by atoms with E-state index in [2.05, 4.69) is 158 Å². The Morgan fingerprint density at radius 2 is 1.09 bits per heavy atom. The summed E-state index contributed by atoms with van der Waals surface area (Å²) in [5.41, 5.74) is 9.55. The van der Waals surface area contributed by atoms with Crippen molar-refractivity contribution in [1.82, 2.24) is 0 Å². The van der Waals surface area contributed by atoms with Gasteiger partial charge in [0.1, 0.15) is 0 Å². The quantitative estimate of drug-likeness (QED) is 0.188. The first-order valence-electron chi connectivity index (χ1n) is 16.5. The van der Waals surface area contributed by atoms with Gasteiger partial charge in [0.25, 0.3) is 0 Å². The average Bonchev–Trinajstić information content (AvgIpc) is 3.30. The second-order valence-corrected chi connectivity index (χ2v) is 13.6. The number of hydrogen-bond donors (Lipinski definition) is 0. The van der Waals surface area contributed by atoms with E-state index in [-0.39, 0.29) is 11.0 Å². The molecule has 1 heterocycles. The minimum absolute atomic E-state index is 0.0376. The number of anilines is 2. The largest absolute Gasteiger partial charge is 0.334 e. The molecule has 0 saturated heterocycles. The highest BCUT2D eigenvalue weighted by atomic mass is 15.2. The summed E-state index contributed by atoms with van der Waals surface area (Å²) in [4.78, 5) is 2.67. The molecule has 2 aliphatic rings. The fourth-order valence-corrected chi connectivity index (χ4v) is 9.04. The summed E-state index contributed by atoms with van der Waals surface area (Å²) in [6.45, 7) is 5.06. The third-order valence-corrected chi connectivity index (χ3v) is 11.4. The van der Waals surface area contributed by atoms with E-state index in [1.807, 2.05) is 0 Å². The Bertz CT molecular complexity index is 2200. The average molecular weight is 580 g/mol. The van der Waals surface area contributed by atoms with E-state index in [1.165, 1.54) is 97.2 Å². The fraction of sp³-hybridized carbons (Fsp3) is 0.182. The zero-order valence-corrected chi connectivity index (χ0v) is 26.1. The summed E-state index contributed by atoms with van der Waals surface area (Å²) in [6.07, 6.45) is 4.98. The van der Waals surface area contributed by atoms with Crippen LogP contribution in [0.4, 0.5) is 11.4 Å². The molecule has 1 aliphatic carbocycles. The lowest BCUT2D eigenvalue weighted by molar-refractivity contribution is 0.195. The molecule has 1 aliphatic heterocycles. The smallest absolute Gasteiger partial charge is 0.0517 e. The van der Waals surface area contributed by atoms with Crippen molar-refractivity contribution in [2.45, 2.75) is 50.5 Å². The monoisotopic (exact) mass is 579 g/mol. The molecule has 0 N–H and O–H groups in total. The molecule has 9 rings (SSSR count). The third kappa shape index (κ3) is 3.67. The van der Waals surface area contributed by atoms with E-state index in [9.17, 15) is 0 Å². The van der Waals surface area contributed by atoms with Crippen LogP contribution in [0.2, 0.25) is 0 Å². The van der Waals surface area contributed by atoms with Crippen molar-refractivity contribution in [2.75, 3.05) is 4.90 Å². The van der Waals surface area contributed by atoms with E-state index in [4.69, 9.17) is 0 Å². The highest BCUT2D eigenvalue weighted by Gasteiger charge is 2.57. The van der Waals surface area contributed by atoms with E-state index < -0.39 is 0 Å². The van der Waals surface area contributed by atoms with Crippen LogP contribution in [0.3, 0.4) is 0 Å². The normalized spacial score (nSPS) is 20.9. The molecular weight excluding hydrogens is 542 g/mol. The van der Waals surface area contributed by atoms with Gasteiger partial charge in [-0.2, -0.15) is 0 Å². The molecule has 7 aromatic carbocycles. The van der Waals surface area contributed by atoms with E-state index in [1.54, 1.807) is 0 Å². The van der Waals surface area contributed by atoms with Crippen LogP contribution in [0.15, 0.2) is 140 Å². The predicted octanol–water partition coefficient (Wildman–Crippen LogP) is 12.2. The van der Waals surface area contributed by atoms with Gasteiger partial charge in [0, 0.05) is 16.8 Å². The SMILES string of the molecule is CC12CCCCC1(C)N(c1ccccc1)c1ccc(-c3c4ccccc4c(-c4cccc5ccccc45)c4ccccc34)cc12. The predicted molar refractivity (Wildman–Crippen MR) is 193 cm³/mol. The number of fused-ring (bicyclic) bond motifs is 6. The van der Waals surface area contributed by atoms with Crippen LogP contribution in [0, 0.1) is 0 Å². The van der Waals surface area contributed by atoms with Crippen LogP contribution in [0.5, 0.6) is 0 Å². The zero-order valence-electron chi connectivity index (χ0n) is 26.1. The van der Waals surface area contributed by atoms with Crippen molar-refractivity contribution in [3.05, 3.63) is 145 Å². The van der Waals surface area contributed by atoms with Crippen LogP contribution < -0.4 is 4.90 Å². The molecule has 1 fully saturated rings. The topological polar surface area (TPSA) is 3.24 Å². The Balaban J connectivity index is 1.34. The molecule has 1 heteroatoms. The van der Waals surface area contributed by atoms with Crippen molar-refractivity contribution in [2.24, 2.45) is 0 Å². The lowest BCUT2D eigenvalue weighted by Gasteiger charge is -2.50. The summed E-state index contributed by atoms with van der Waals surface area (Å²) in [5, 5.41) is 7.82. The molecule has 7 aromatic rings. The maximum absolute atomic E-state index is 2.67. The Kier molecular flexibility index (Phi) is 5.78. The maximum atomic E-state index is 2.67. The van der Waals surface area contributed by atoms with Crippen molar-refractivity contribution < 1.29 is 0 Å². The maximum Gasteiger partial charge on any atom is 0.0517 e. The minimum Gasteiger partial charge on any atom is -0.334 e. The van der Waals surface area contributed by atoms with Crippen molar-refractivity contribution in [3.8, 4) is 22.3 Å². The molecule has 1 saturated carbocycles. The number of hydrogen-bond acceptors (Lipinski definition) is 1. The Morgan fingerprint density at radius 3 is 1.80 bits per heavy atom. The van der Waals surface area contributed by atoms with Gasteiger partial charge in [0.2, 0.25) is 0 Å². The van der Waals surface area contributed by atoms with Crippen LogP contribution in [-0.4, -0.2) is 5.54 Å². The second kappa shape index (κ2) is 9.81. The molecule has 0 aromatic heterocycles. The first kappa shape index (κ1) is 26.5.